The number of aliphatic carboxylic acids is 1. The molecule has 0 radical (unpaired) electrons. The van der Waals surface area contributed by atoms with Crippen molar-refractivity contribution in [3.05, 3.63) is 34.6 Å². The number of aliphatic hydroxyl groups excluding tert-OH is 1. The Labute approximate surface area is 106 Å². The van der Waals surface area contributed by atoms with Gasteiger partial charge in [-0.3, -0.25) is 4.79 Å². The molecule has 1 aromatic carbocycles. The molecule has 0 aromatic heterocycles. The van der Waals surface area contributed by atoms with Gasteiger partial charge in [0.2, 0.25) is 0 Å². The van der Waals surface area contributed by atoms with Crippen LogP contribution < -0.4 is 0 Å². The van der Waals surface area contributed by atoms with Crippen LogP contribution in [0.2, 0.25) is 0 Å². The zero-order valence-corrected chi connectivity index (χ0v) is 10.9. The summed E-state index contributed by atoms with van der Waals surface area (Å²) >= 11 is 0. The lowest BCUT2D eigenvalue weighted by molar-refractivity contribution is -0.138. The SMILES string of the molecule is Cc1cc(F)cc(C)c1C(O)CC(C)CC(=O)O. The van der Waals surface area contributed by atoms with Crippen LogP contribution in [-0.4, -0.2) is 16.2 Å². The minimum atomic E-state index is -0.873. The van der Waals surface area contributed by atoms with Gasteiger partial charge in [-0.1, -0.05) is 6.92 Å². The summed E-state index contributed by atoms with van der Waals surface area (Å²) in [6, 6.07) is 2.76. The maximum atomic E-state index is 13.1. The molecular weight excluding hydrogens is 235 g/mol. The highest BCUT2D eigenvalue weighted by molar-refractivity contribution is 5.66. The fourth-order valence-corrected chi connectivity index (χ4v) is 2.33. The highest BCUT2D eigenvalue weighted by Gasteiger charge is 2.18. The molecular formula is C14H19FO3. The van der Waals surface area contributed by atoms with Crippen LogP contribution in [-0.2, 0) is 4.79 Å². The third-order valence-electron chi connectivity index (χ3n) is 3.04. The van der Waals surface area contributed by atoms with Crippen LogP contribution >= 0.6 is 0 Å². The second-order valence-electron chi connectivity index (χ2n) is 4.91. The van der Waals surface area contributed by atoms with E-state index in [9.17, 15) is 14.3 Å². The van der Waals surface area contributed by atoms with Crippen LogP contribution in [0.5, 0.6) is 0 Å². The second kappa shape index (κ2) is 5.96. The van der Waals surface area contributed by atoms with Gasteiger partial charge in [-0.15, -0.1) is 0 Å². The number of benzene rings is 1. The number of rotatable bonds is 5. The first-order valence-electron chi connectivity index (χ1n) is 5.97. The molecule has 4 heteroatoms. The van der Waals surface area contributed by atoms with Crippen molar-refractivity contribution in [2.75, 3.05) is 0 Å². The van der Waals surface area contributed by atoms with Crippen LogP contribution in [0.1, 0.15) is 42.6 Å². The number of aryl methyl sites for hydroxylation is 2. The fourth-order valence-electron chi connectivity index (χ4n) is 2.33. The largest absolute Gasteiger partial charge is 0.481 e. The monoisotopic (exact) mass is 254 g/mol. The van der Waals surface area contributed by atoms with Gasteiger partial charge < -0.3 is 10.2 Å². The molecule has 0 bridgehead atoms. The third-order valence-corrected chi connectivity index (χ3v) is 3.04. The molecule has 0 aliphatic carbocycles. The van der Waals surface area contributed by atoms with E-state index in [4.69, 9.17) is 5.11 Å². The van der Waals surface area contributed by atoms with Crippen molar-refractivity contribution in [3.8, 4) is 0 Å². The zero-order valence-electron chi connectivity index (χ0n) is 10.9. The Morgan fingerprint density at radius 3 is 2.28 bits per heavy atom. The first-order valence-corrected chi connectivity index (χ1v) is 5.97. The Morgan fingerprint density at radius 2 is 1.83 bits per heavy atom. The average Bonchev–Trinajstić information content (AvgIpc) is 2.12. The Balaban J connectivity index is 2.84. The summed E-state index contributed by atoms with van der Waals surface area (Å²) in [5.74, 6) is -1.32. The van der Waals surface area contributed by atoms with E-state index < -0.39 is 12.1 Å². The van der Waals surface area contributed by atoms with Crippen molar-refractivity contribution in [1.29, 1.82) is 0 Å². The summed E-state index contributed by atoms with van der Waals surface area (Å²) in [5, 5.41) is 18.8. The summed E-state index contributed by atoms with van der Waals surface area (Å²) in [7, 11) is 0. The molecule has 2 N–H and O–H groups in total. The number of aliphatic hydroxyl groups is 1. The predicted octanol–water partition coefficient (Wildman–Crippen LogP) is 2.98. The Bertz CT molecular complexity index is 420. The molecule has 1 aromatic rings. The van der Waals surface area contributed by atoms with Crippen LogP contribution in [0.15, 0.2) is 12.1 Å². The first-order chi connectivity index (χ1) is 8.31. The highest BCUT2D eigenvalue weighted by Crippen LogP contribution is 2.28. The first kappa shape index (κ1) is 14.6. The molecule has 0 heterocycles. The standard InChI is InChI=1S/C14H19FO3/c1-8(5-13(17)18)4-12(16)14-9(2)6-11(15)7-10(14)3/h6-8,12,16H,4-5H2,1-3H3,(H,17,18). The van der Waals surface area contributed by atoms with Gasteiger partial charge >= 0.3 is 5.97 Å². The summed E-state index contributed by atoms with van der Waals surface area (Å²) in [5.41, 5.74) is 2.10. The Kier molecular flexibility index (Phi) is 4.84. The number of carbonyl (C=O) groups is 1. The normalized spacial score (nSPS) is 14.3. The van der Waals surface area contributed by atoms with Crippen molar-refractivity contribution in [2.24, 2.45) is 5.92 Å². The highest BCUT2D eigenvalue weighted by atomic mass is 19.1. The lowest BCUT2D eigenvalue weighted by atomic mass is 9.91. The van der Waals surface area contributed by atoms with Crippen LogP contribution in [0.25, 0.3) is 0 Å². The van der Waals surface area contributed by atoms with Crippen LogP contribution in [0, 0.1) is 25.6 Å². The number of carboxylic acids is 1. The lowest BCUT2D eigenvalue weighted by Gasteiger charge is -2.19. The van der Waals surface area contributed by atoms with E-state index in [-0.39, 0.29) is 18.2 Å². The lowest BCUT2D eigenvalue weighted by Crippen LogP contribution is -2.11. The Hall–Kier alpha value is -1.42. The smallest absolute Gasteiger partial charge is 0.303 e. The van der Waals surface area contributed by atoms with Gasteiger partial charge in [0, 0.05) is 6.42 Å². The predicted molar refractivity (Wildman–Crippen MR) is 66.9 cm³/mol. The van der Waals surface area contributed by atoms with E-state index >= 15 is 0 Å². The van der Waals surface area contributed by atoms with Crippen molar-refractivity contribution < 1.29 is 19.4 Å². The van der Waals surface area contributed by atoms with E-state index in [0.29, 0.717) is 23.1 Å². The van der Waals surface area contributed by atoms with Gasteiger partial charge in [0.15, 0.2) is 0 Å². The number of hydrogen-bond acceptors (Lipinski definition) is 2. The minimum Gasteiger partial charge on any atom is -0.481 e. The van der Waals surface area contributed by atoms with E-state index in [1.54, 1.807) is 20.8 Å². The molecule has 0 saturated heterocycles. The van der Waals surface area contributed by atoms with Gasteiger partial charge in [0.1, 0.15) is 5.82 Å². The van der Waals surface area contributed by atoms with Crippen molar-refractivity contribution in [2.45, 2.75) is 39.7 Å². The molecule has 0 aliphatic heterocycles. The molecule has 2 unspecified atom stereocenters. The van der Waals surface area contributed by atoms with Gasteiger partial charge in [-0.25, -0.2) is 4.39 Å². The van der Waals surface area contributed by atoms with Gasteiger partial charge in [-0.05, 0) is 55.0 Å². The summed E-state index contributed by atoms with van der Waals surface area (Å²) in [6.45, 7) is 5.28. The molecule has 0 amide bonds. The number of halogens is 1. The van der Waals surface area contributed by atoms with Crippen molar-refractivity contribution in [1.82, 2.24) is 0 Å². The van der Waals surface area contributed by atoms with E-state index in [1.165, 1.54) is 12.1 Å². The summed E-state index contributed by atoms with van der Waals surface area (Å²) in [4.78, 5) is 10.6. The molecule has 0 spiro atoms. The number of hydrogen-bond donors (Lipinski definition) is 2. The van der Waals surface area contributed by atoms with Gasteiger partial charge in [0.25, 0.3) is 0 Å². The topological polar surface area (TPSA) is 57.5 Å². The maximum Gasteiger partial charge on any atom is 0.303 e. The molecule has 18 heavy (non-hydrogen) atoms. The molecule has 1 rings (SSSR count). The fraction of sp³-hybridized carbons (Fsp3) is 0.500. The van der Waals surface area contributed by atoms with Gasteiger partial charge in [0.05, 0.1) is 6.10 Å². The van der Waals surface area contributed by atoms with Crippen molar-refractivity contribution >= 4 is 5.97 Å². The molecule has 0 fully saturated rings. The van der Waals surface area contributed by atoms with Crippen LogP contribution in [0.4, 0.5) is 4.39 Å². The van der Waals surface area contributed by atoms with E-state index in [1.807, 2.05) is 0 Å². The van der Waals surface area contributed by atoms with Crippen molar-refractivity contribution in [3.63, 3.8) is 0 Å². The van der Waals surface area contributed by atoms with Gasteiger partial charge in [-0.2, -0.15) is 0 Å². The third kappa shape index (κ3) is 3.81. The molecule has 2 atom stereocenters. The quantitative estimate of drug-likeness (QED) is 0.849. The zero-order chi connectivity index (χ0) is 13.9. The van der Waals surface area contributed by atoms with E-state index in [2.05, 4.69) is 0 Å². The minimum absolute atomic E-state index is 0.0242. The molecule has 3 nitrogen and oxygen atoms in total. The van der Waals surface area contributed by atoms with Crippen LogP contribution in [0.3, 0.4) is 0 Å². The summed E-state index contributed by atoms with van der Waals surface area (Å²) < 4.78 is 13.1. The molecule has 0 aliphatic rings. The summed E-state index contributed by atoms with van der Waals surface area (Å²) in [6.07, 6.45) is -0.365. The Morgan fingerprint density at radius 1 is 1.33 bits per heavy atom. The molecule has 100 valence electrons. The second-order valence-corrected chi connectivity index (χ2v) is 4.91. The maximum absolute atomic E-state index is 13.1. The number of carboxylic acid groups (broad SMARTS) is 1. The molecule has 0 saturated carbocycles. The average molecular weight is 254 g/mol. The van der Waals surface area contributed by atoms with E-state index in [0.717, 1.165) is 0 Å².